The zero-order chi connectivity index (χ0) is 15.0. The molecule has 1 aliphatic rings. The number of fused-ring (bicyclic) bond motifs is 1. The smallest absolute Gasteiger partial charge is 0.290 e. The molecule has 0 saturated heterocycles. The standard InChI is InChI=1S/C15H16N4O2/c1-10-7-15(17-8-14(10)19(20)21)18-6-5-11-3-2-4-13(16)12(11)9-18/h2-4,7-8H,5-6,9,16H2,1H3. The van der Waals surface area contributed by atoms with Crippen LogP contribution in [0.15, 0.2) is 30.5 Å². The summed E-state index contributed by atoms with van der Waals surface area (Å²) in [5, 5.41) is 10.9. The van der Waals surface area contributed by atoms with Crippen molar-refractivity contribution in [3.63, 3.8) is 0 Å². The second kappa shape index (κ2) is 5.05. The number of benzene rings is 1. The van der Waals surface area contributed by atoms with Gasteiger partial charge < -0.3 is 10.6 Å². The van der Waals surface area contributed by atoms with E-state index in [9.17, 15) is 10.1 Å². The van der Waals surface area contributed by atoms with Crippen molar-refractivity contribution in [3.8, 4) is 0 Å². The van der Waals surface area contributed by atoms with Crippen LogP contribution in [-0.2, 0) is 13.0 Å². The number of nitro groups is 1. The molecule has 1 aromatic carbocycles. The molecule has 2 heterocycles. The molecule has 1 aromatic heterocycles. The Hall–Kier alpha value is -2.63. The van der Waals surface area contributed by atoms with Crippen LogP contribution in [0.1, 0.15) is 16.7 Å². The molecule has 2 aromatic rings. The number of hydrogen-bond acceptors (Lipinski definition) is 5. The van der Waals surface area contributed by atoms with E-state index in [2.05, 4.69) is 16.0 Å². The van der Waals surface area contributed by atoms with Crippen molar-refractivity contribution in [3.05, 3.63) is 57.3 Å². The number of rotatable bonds is 2. The fraction of sp³-hybridized carbons (Fsp3) is 0.267. The molecule has 0 saturated carbocycles. The Kier molecular flexibility index (Phi) is 3.21. The Morgan fingerprint density at radius 1 is 1.43 bits per heavy atom. The first-order valence-electron chi connectivity index (χ1n) is 6.78. The number of aromatic nitrogens is 1. The molecule has 0 atom stereocenters. The van der Waals surface area contributed by atoms with Crippen LogP contribution < -0.4 is 10.6 Å². The molecule has 0 amide bonds. The summed E-state index contributed by atoms with van der Waals surface area (Å²) in [7, 11) is 0. The lowest BCUT2D eigenvalue weighted by atomic mass is 9.98. The van der Waals surface area contributed by atoms with Crippen LogP contribution in [0.4, 0.5) is 17.2 Å². The van der Waals surface area contributed by atoms with E-state index in [1.54, 1.807) is 13.0 Å². The predicted octanol–water partition coefficient (Wildman–Crippen LogP) is 2.44. The molecule has 21 heavy (non-hydrogen) atoms. The lowest BCUT2D eigenvalue weighted by Crippen LogP contribution is -2.31. The minimum Gasteiger partial charge on any atom is -0.398 e. The van der Waals surface area contributed by atoms with E-state index >= 15 is 0 Å². The monoisotopic (exact) mass is 284 g/mol. The summed E-state index contributed by atoms with van der Waals surface area (Å²) in [6.07, 6.45) is 2.23. The number of nitrogens with two attached hydrogens (primary N) is 1. The third kappa shape index (κ3) is 2.40. The van der Waals surface area contributed by atoms with Crippen molar-refractivity contribution >= 4 is 17.2 Å². The molecule has 6 nitrogen and oxygen atoms in total. The van der Waals surface area contributed by atoms with Crippen LogP contribution >= 0.6 is 0 Å². The molecule has 0 radical (unpaired) electrons. The summed E-state index contributed by atoms with van der Waals surface area (Å²) in [5.74, 6) is 0.756. The molecule has 0 bridgehead atoms. The van der Waals surface area contributed by atoms with Gasteiger partial charge in [0.1, 0.15) is 12.0 Å². The van der Waals surface area contributed by atoms with E-state index in [-0.39, 0.29) is 5.69 Å². The van der Waals surface area contributed by atoms with Gasteiger partial charge in [-0.25, -0.2) is 4.98 Å². The maximum absolute atomic E-state index is 10.9. The van der Waals surface area contributed by atoms with Gasteiger partial charge in [-0.15, -0.1) is 0 Å². The van der Waals surface area contributed by atoms with Gasteiger partial charge in [0.25, 0.3) is 5.69 Å². The molecular formula is C15H16N4O2. The SMILES string of the molecule is Cc1cc(N2CCc3cccc(N)c3C2)ncc1[N+](=O)[O-]. The van der Waals surface area contributed by atoms with Gasteiger partial charge in [-0.3, -0.25) is 10.1 Å². The van der Waals surface area contributed by atoms with Crippen molar-refractivity contribution in [2.75, 3.05) is 17.2 Å². The molecule has 6 heteroatoms. The van der Waals surface area contributed by atoms with Gasteiger partial charge in [0.15, 0.2) is 0 Å². The Morgan fingerprint density at radius 2 is 2.24 bits per heavy atom. The number of hydrogen-bond donors (Lipinski definition) is 1. The Labute approximate surface area is 122 Å². The highest BCUT2D eigenvalue weighted by Gasteiger charge is 2.21. The zero-order valence-corrected chi connectivity index (χ0v) is 11.7. The molecular weight excluding hydrogens is 268 g/mol. The lowest BCUT2D eigenvalue weighted by molar-refractivity contribution is -0.385. The molecule has 0 spiro atoms. The van der Waals surface area contributed by atoms with Gasteiger partial charge in [0.05, 0.1) is 4.92 Å². The van der Waals surface area contributed by atoms with E-state index in [0.717, 1.165) is 30.0 Å². The number of nitrogen functional groups attached to an aromatic ring is 1. The van der Waals surface area contributed by atoms with E-state index in [1.807, 2.05) is 12.1 Å². The number of aryl methyl sites for hydroxylation is 1. The lowest BCUT2D eigenvalue weighted by Gasteiger charge is -2.30. The molecule has 0 aliphatic carbocycles. The molecule has 0 unspecified atom stereocenters. The highest BCUT2D eigenvalue weighted by atomic mass is 16.6. The van der Waals surface area contributed by atoms with Crippen molar-refractivity contribution in [2.24, 2.45) is 0 Å². The summed E-state index contributed by atoms with van der Waals surface area (Å²) in [5.41, 5.74) is 9.90. The van der Waals surface area contributed by atoms with Crippen LogP contribution in [0.2, 0.25) is 0 Å². The Balaban J connectivity index is 1.91. The maximum Gasteiger partial charge on any atom is 0.290 e. The quantitative estimate of drug-likeness (QED) is 0.520. The summed E-state index contributed by atoms with van der Waals surface area (Å²) < 4.78 is 0. The molecule has 3 rings (SSSR count). The Bertz CT molecular complexity index is 715. The van der Waals surface area contributed by atoms with Gasteiger partial charge in [0, 0.05) is 24.3 Å². The Morgan fingerprint density at radius 3 is 2.95 bits per heavy atom. The second-order valence-electron chi connectivity index (χ2n) is 5.24. The second-order valence-corrected chi connectivity index (χ2v) is 5.24. The van der Waals surface area contributed by atoms with Gasteiger partial charge >= 0.3 is 0 Å². The summed E-state index contributed by atoms with van der Waals surface area (Å²) in [6, 6.07) is 7.73. The largest absolute Gasteiger partial charge is 0.398 e. The first-order chi connectivity index (χ1) is 10.1. The summed E-state index contributed by atoms with van der Waals surface area (Å²) in [6.45, 7) is 3.25. The van der Waals surface area contributed by atoms with Crippen molar-refractivity contribution in [1.29, 1.82) is 0 Å². The first kappa shape index (κ1) is 13.4. The average molecular weight is 284 g/mol. The van der Waals surface area contributed by atoms with Gasteiger partial charge in [0.2, 0.25) is 0 Å². The fourth-order valence-corrected chi connectivity index (χ4v) is 2.70. The zero-order valence-electron chi connectivity index (χ0n) is 11.7. The number of pyridine rings is 1. The van der Waals surface area contributed by atoms with Crippen LogP contribution in [0, 0.1) is 17.0 Å². The van der Waals surface area contributed by atoms with E-state index in [0.29, 0.717) is 12.1 Å². The highest BCUT2D eigenvalue weighted by Crippen LogP contribution is 2.28. The topological polar surface area (TPSA) is 85.3 Å². The van der Waals surface area contributed by atoms with Crippen LogP contribution in [-0.4, -0.2) is 16.5 Å². The number of anilines is 2. The minimum atomic E-state index is -0.407. The molecule has 1 aliphatic heterocycles. The van der Waals surface area contributed by atoms with E-state index in [1.165, 1.54) is 11.8 Å². The van der Waals surface area contributed by atoms with Crippen molar-refractivity contribution in [1.82, 2.24) is 4.98 Å². The predicted molar refractivity (Wildman–Crippen MR) is 81.2 cm³/mol. The van der Waals surface area contributed by atoms with Crippen LogP contribution in [0.25, 0.3) is 0 Å². The molecule has 108 valence electrons. The van der Waals surface area contributed by atoms with Gasteiger partial charge in [-0.2, -0.15) is 0 Å². The third-order valence-corrected chi connectivity index (χ3v) is 3.90. The molecule has 2 N–H and O–H groups in total. The fourth-order valence-electron chi connectivity index (χ4n) is 2.70. The molecule has 0 fully saturated rings. The van der Waals surface area contributed by atoms with Crippen LogP contribution in [0.3, 0.4) is 0 Å². The van der Waals surface area contributed by atoms with Crippen molar-refractivity contribution in [2.45, 2.75) is 19.9 Å². The van der Waals surface area contributed by atoms with E-state index in [4.69, 9.17) is 5.73 Å². The third-order valence-electron chi connectivity index (χ3n) is 3.90. The minimum absolute atomic E-state index is 0.0515. The normalized spacial score (nSPS) is 13.9. The van der Waals surface area contributed by atoms with Crippen molar-refractivity contribution < 1.29 is 4.92 Å². The number of nitrogens with zero attached hydrogens (tertiary/aromatic N) is 3. The van der Waals surface area contributed by atoms with E-state index < -0.39 is 4.92 Å². The summed E-state index contributed by atoms with van der Waals surface area (Å²) in [4.78, 5) is 16.8. The summed E-state index contributed by atoms with van der Waals surface area (Å²) >= 11 is 0. The average Bonchev–Trinajstić information content (AvgIpc) is 2.47. The van der Waals surface area contributed by atoms with Gasteiger partial charge in [-0.05, 0) is 36.6 Å². The maximum atomic E-state index is 10.9. The van der Waals surface area contributed by atoms with Gasteiger partial charge in [-0.1, -0.05) is 12.1 Å². The first-order valence-corrected chi connectivity index (χ1v) is 6.78. The van der Waals surface area contributed by atoms with Crippen LogP contribution in [0.5, 0.6) is 0 Å². The highest BCUT2D eigenvalue weighted by molar-refractivity contribution is 5.57.